The van der Waals surface area contributed by atoms with Crippen LogP contribution in [0.1, 0.15) is 29.8 Å². The molecule has 0 atom stereocenters. The van der Waals surface area contributed by atoms with Crippen LogP contribution in [0, 0.1) is 0 Å². The van der Waals surface area contributed by atoms with Gasteiger partial charge in [0.2, 0.25) is 5.91 Å². The number of benzene rings is 2. The summed E-state index contributed by atoms with van der Waals surface area (Å²) < 4.78 is 11.3. The molecule has 1 N–H and O–H groups in total. The molecule has 0 aliphatic carbocycles. The summed E-state index contributed by atoms with van der Waals surface area (Å²) >= 11 is 0. The number of methoxy groups -OCH3 is 1. The molecule has 3 rings (SSSR count). The van der Waals surface area contributed by atoms with Crippen LogP contribution in [0.4, 0.5) is 5.69 Å². The smallest absolute Gasteiger partial charge is 0.259 e. The van der Waals surface area contributed by atoms with Gasteiger partial charge in [-0.3, -0.25) is 14.5 Å². The van der Waals surface area contributed by atoms with Gasteiger partial charge in [-0.05, 0) is 31.3 Å². The largest absolute Gasteiger partial charge is 0.493 e. The Kier molecular flexibility index (Phi) is 7.31. The lowest BCUT2D eigenvalue weighted by molar-refractivity contribution is -0.116. The average molecular weight is 424 g/mol. The van der Waals surface area contributed by atoms with Crippen molar-refractivity contribution in [1.29, 1.82) is 0 Å². The number of amides is 2. The highest BCUT2D eigenvalue weighted by atomic mass is 16.5. The molecule has 0 radical (unpaired) electrons. The predicted octanol–water partition coefficient (Wildman–Crippen LogP) is 3.48. The molecule has 0 bridgehead atoms. The highest BCUT2D eigenvalue weighted by molar-refractivity contribution is 6.11. The Balaban J connectivity index is 1.64. The van der Waals surface area contributed by atoms with E-state index in [1.54, 1.807) is 37.4 Å². The molecule has 7 heteroatoms. The minimum absolute atomic E-state index is 0.115. The van der Waals surface area contributed by atoms with Crippen LogP contribution < -0.4 is 14.8 Å². The van der Waals surface area contributed by atoms with Crippen molar-refractivity contribution >= 4 is 23.2 Å². The Bertz CT molecular complexity index is 934. The van der Waals surface area contributed by atoms with Gasteiger partial charge in [-0.15, -0.1) is 0 Å². The van der Waals surface area contributed by atoms with Crippen molar-refractivity contribution in [2.75, 3.05) is 45.2 Å². The zero-order valence-corrected chi connectivity index (χ0v) is 18.3. The Morgan fingerprint density at radius 1 is 1.10 bits per heavy atom. The van der Waals surface area contributed by atoms with Crippen LogP contribution in [0.25, 0.3) is 5.70 Å². The maximum atomic E-state index is 12.6. The molecule has 0 saturated heterocycles. The van der Waals surface area contributed by atoms with Crippen molar-refractivity contribution in [3.8, 4) is 11.5 Å². The number of nitrogens with one attached hydrogen (secondary N) is 1. The van der Waals surface area contributed by atoms with Gasteiger partial charge < -0.3 is 19.7 Å². The number of anilines is 1. The monoisotopic (exact) mass is 423 g/mol. The Morgan fingerprint density at radius 3 is 2.45 bits per heavy atom. The lowest BCUT2D eigenvalue weighted by Crippen LogP contribution is -2.32. The topological polar surface area (TPSA) is 71.1 Å². The average Bonchev–Trinajstić information content (AvgIpc) is 3.02. The third-order valence-corrected chi connectivity index (χ3v) is 5.35. The van der Waals surface area contributed by atoms with Crippen LogP contribution in [0.3, 0.4) is 0 Å². The number of fused-ring (bicyclic) bond motifs is 1. The summed E-state index contributed by atoms with van der Waals surface area (Å²) in [4.78, 5) is 28.9. The Hall–Kier alpha value is -3.32. The molecule has 164 valence electrons. The second kappa shape index (κ2) is 10.1. The minimum atomic E-state index is -0.318. The van der Waals surface area contributed by atoms with E-state index in [0.29, 0.717) is 35.1 Å². The van der Waals surface area contributed by atoms with Crippen LogP contribution >= 0.6 is 0 Å². The number of carbonyl (C=O) groups excluding carboxylic acids is 2. The van der Waals surface area contributed by atoms with Crippen LogP contribution in [0.15, 0.2) is 49.0 Å². The van der Waals surface area contributed by atoms with Crippen molar-refractivity contribution in [1.82, 2.24) is 9.80 Å². The molecular weight excluding hydrogens is 394 g/mol. The van der Waals surface area contributed by atoms with Gasteiger partial charge in [-0.25, -0.2) is 0 Å². The van der Waals surface area contributed by atoms with Crippen LogP contribution in [0.2, 0.25) is 0 Å². The van der Waals surface area contributed by atoms with Gasteiger partial charge in [-0.2, -0.15) is 0 Å². The predicted molar refractivity (Wildman–Crippen MR) is 121 cm³/mol. The van der Waals surface area contributed by atoms with E-state index in [0.717, 1.165) is 25.2 Å². The summed E-state index contributed by atoms with van der Waals surface area (Å²) in [6, 6.07) is 12.4. The van der Waals surface area contributed by atoms with Gasteiger partial charge in [0.25, 0.3) is 5.91 Å². The van der Waals surface area contributed by atoms with Gasteiger partial charge in [-0.1, -0.05) is 38.6 Å². The standard InChI is InChI=1S/C24H29N3O4/c1-5-26(6-2)13-14-31-22-15-18(11-12-21(22)30-4)25-23(28)16-27-17(3)19-9-7-8-10-20(19)24(27)29/h7-12,15H,3,5-6,13-14,16H2,1-2,4H3,(H,25,28). The number of nitrogens with zero attached hydrogens (tertiary/aromatic N) is 2. The van der Waals surface area contributed by atoms with Crippen molar-refractivity contribution < 1.29 is 19.1 Å². The summed E-state index contributed by atoms with van der Waals surface area (Å²) in [5.41, 5.74) is 2.42. The Morgan fingerprint density at radius 2 is 1.81 bits per heavy atom. The number of hydrogen-bond acceptors (Lipinski definition) is 5. The first-order valence-corrected chi connectivity index (χ1v) is 10.4. The van der Waals surface area contributed by atoms with E-state index < -0.39 is 0 Å². The molecule has 0 aromatic heterocycles. The molecule has 7 nitrogen and oxygen atoms in total. The summed E-state index contributed by atoms with van der Waals surface area (Å²) in [6.45, 7) is 11.3. The first kappa shape index (κ1) is 22.4. The molecule has 0 unspecified atom stereocenters. The van der Waals surface area contributed by atoms with Crippen LogP contribution in [-0.2, 0) is 4.79 Å². The van der Waals surface area contributed by atoms with Gasteiger partial charge >= 0.3 is 0 Å². The first-order valence-electron chi connectivity index (χ1n) is 10.4. The van der Waals surface area contributed by atoms with Crippen molar-refractivity contribution in [2.45, 2.75) is 13.8 Å². The van der Waals surface area contributed by atoms with Gasteiger partial charge in [0.1, 0.15) is 13.2 Å². The van der Waals surface area contributed by atoms with E-state index in [2.05, 4.69) is 30.6 Å². The summed E-state index contributed by atoms with van der Waals surface area (Å²) in [5, 5.41) is 2.83. The normalized spacial score (nSPS) is 12.8. The molecule has 31 heavy (non-hydrogen) atoms. The zero-order chi connectivity index (χ0) is 22.4. The zero-order valence-electron chi connectivity index (χ0n) is 18.3. The molecule has 0 saturated carbocycles. The molecule has 1 heterocycles. The molecule has 2 aromatic rings. The fraction of sp³-hybridized carbons (Fsp3) is 0.333. The fourth-order valence-corrected chi connectivity index (χ4v) is 3.54. The van der Waals surface area contributed by atoms with Gasteiger partial charge in [0, 0.05) is 35.1 Å². The quantitative estimate of drug-likeness (QED) is 0.634. The number of carbonyl (C=O) groups is 2. The number of rotatable bonds is 10. The number of likely N-dealkylation sites (N-methyl/N-ethyl adjacent to an activating group) is 1. The molecule has 2 aromatic carbocycles. The van der Waals surface area contributed by atoms with Crippen molar-refractivity contribution in [2.24, 2.45) is 0 Å². The minimum Gasteiger partial charge on any atom is -0.493 e. The fourth-order valence-electron chi connectivity index (χ4n) is 3.54. The summed E-state index contributed by atoms with van der Waals surface area (Å²) in [6.07, 6.45) is 0. The molecule has 2 amide bonds. The third kappa shape index (κ3) is 5.06. The second-order valence-electron chi connectivity index (χ2n) is 7.17. The lowest BCUT2D eigenvalue weighted by Gasteiger charge is -2.19. The maximum Gasteiger partial charge on any atom is 0.259 e. The highest BCUT2D eigenvalue weighted by Crippen LogP contribution is 2.32. The first-order chi connectivity index (χ1) is 15.0. The summed E-state index contributed by atoms with van der Waals surface area (Å²) in [7, 11) is 1.58. The molecular formula is C24H29N3O4. The molecule has 1 aliphatic rings. The number of hydrogen-bond donors (Lipinski definition) is 1. The van der Waals surface area contributed by atoms with E-state index in [1.807, 2.05) is 12.1 Å². The van der Waals surface area contributed by atoms with Crippen molar-refractivity contribution in [3.63, 3.8) is 0 Å². The van der Waals surface area contributed by atoms with Gasteiger partial charge in [0.05, 0.1) is 7.11 Å². The Labute approximate surface area is 183 Å². The van der Waals surface area contributed by atoms with E-state index in [4.69, 9.17) is 9.47 Å². The van der Waals surface area contributed by atoms with E-state index in [9.17, 15) is 9.59 Å². The molecule has 0 spiro atoms. The van der Waals surface area contributed by atoms with Crippen LogP contribution in [0.5, 0.6) is 11.5 Å². The third-order valence-electron chi connectivity index (χ3n) is 5.35. The number of ether oxygens (including phenoxy) is 2. The van der Waals surface area contributed by atoms with E-state index in [1.165, 1.54) is 4.90 Å². The van der Waals surface area contributed by atoms with Crippen molar-refractivity contribution in [3.05, 3.63) is 60.2 Å². The van der Waals surface area contributed by atoms with Gasteiger partial charge in [0.15, 0.2) is 11.5 Å². The molecule has 1 aliphatic heterocycles. The van der Waals surface area contributed by atoms with Crippen LogP contribution in [-0.4, -0.2) is 61.5 Å². The van der Waals surface area contributed by atoms with E-state index >= 15 is 0 Å². The second-order valence-corrected chi connectivity index (χ2v) is 7.17. The SMILES string of the molecule is C=C1c2ccccc2C(=O)N1CC(=O)Nc1ccc(OC)c(OCCN(CC)CC)c1. The van der Waals surface area contributed by atoms with E-state index in [-0.39, 0.29) is 18.4 Å². The maximum absolute atomic E-state index is 12.6. The summed E-state index contributed by atoms with van der Waals surface area (Å²) in [5.74, 6) is 0.616. The lowest BCUT2D eigenvalue weighted by atomic mass is 10.1. The molecule has 0 fully saturated rings. The highest BCUT2D eigenvalue weighted by Gasteiger charge is 2.31.